The Morgan fingerprint density at radius 1 is 1.00 bits per heavy atom. The maximum atomic E-state index is 11.4. The first-order valence-electron chi connectivity index (χ1n) is 3.65. The van der Waals surface area contributed by atoms with Crippen LogP contribution in [-0.2, 0) is 0 Å². The Balaban J connectivity index is 4.14. The minimum atomic E-state index is -1.05. The van der Waals surface area contributed by atoms with Crippen LogP contribution < -0.4 is 17.1 Å². The highest BCUT2D eigenvalue weighted by molar-refractivity contribution is 5.16. The minimum absolute atomic E-state index is 0.378. The highest BCUT2D eigenvalue weighted by atomic mass is 16.2. The van der Waals surface area contributed by atoms with E-state index in [0.29, 0.717) is 13.7 Å². The molecular formula is C9H5N3O3. The molecule has 6 heteroatoms. The Hall–Kier alpha value is -2.73. The van der Waals surface area contributed by atoms with Gasteiger partial charge in [-0.3, -0.25) is 0 Å². The maximum Gasteiger partial charge on any atom is 0.360 e. The van der Waals surface area contributed by atoms with E-state index >= 15 is 0 Å². The molecule has 74 valence electrons. The Labute approximate surface area is 83.7 Å². The van der Waals surface area contributed by atoms with Gasteiger partial charge in [0.1, 0.15) is 0 Å². The maximum absolute atomic E-state index is 11.4. The van der Waals surface area contributed by atoms with E-state index in [2.05, 4.69) is 6.58 Å². The topological polar surface area (TPSA) is 66.0 Å². The van der Waals surface area contributed by atoms with Gasteiger partial charge < -0.3 is 0 Å². The first kappa shape index (κ1) is 10.4. The number of aromatic nitrogens is 3. The molecule has 15 heavy (non-hydrogen) atoms. The average Bonchev–Trinajstić information content (AvgIpc) is 2.19. The van der Waals surface area contributed by atoms with Gasteiger partial charge in [0.15, 0.2) is 0 Å². The Bertz CT molecular complexity index is 621. The van der Waals surface area contributed by atoms with Crippen molar-refractivity contribution in [1.29, 1.82) is 0 Å². The molecule has 0 fully saturated rings. The number of hydrogen-bond donors (Lipinski definition) is 0. The molecule has 1 aromatic rings. The highest BCUT2D eigenvalue weighted by Crippen LogP contribution is 1.69. The van der Waals surface area contributed by atoms with E-state index in [-0.39, 0.29) is 0 Å². The summed E-state index contributed by atoms with van der Waals surface area (Å²) in [4.78, 5) is 34.1. The van der Waals surface area contributed by atoms with Crippen LogP contribution in [0.2, 0.25) is 0 Å². The lowest BCUT2D eigenvalue weighted by Gasteiger charge is -2.01. The summed E-state index contributed by atoms with van der Waals surface area (Å²) in [6.07, 6.45) is 10.8. The normalized spacial score (nSPS) is 8.93. The van der Waals surface area contributed by atoms with E-state index in [1.54, 1.807) is 0 Å². The smallest absolute Gasteiger partial charge is 0.246 e. The fourth-order valence-electron chi connectivity index (χ4n) is 0.938. The first-order valence-corrected chi connectivity index (χ1v) is 3.65. The monoisotopic (exact) mass is 203 g/mol. The van der Waals surface area contributed by atoms with Gasteiger partial charge in [-0.25, -0.2) is 19.0 Å². The number of nitrogens with zero attached hydrogens (tertiary/aromatic N) is 3. The molecule has 0 bridgehead atoms. The van der Waals surface area contributed by atoms with Gasteiger partial charge in [-0.15, -0.1) is 0 Å². The molecule has 0 aliphatic heterocycles. The van der Waals surface area contributed by atoms with Crippen LogP contribution in [-0.4, -0.2) is 13.7 Å². The summed E-state index contributed by atoms with van der Waals surface area (Å²) in [5.74, 6) is 0. The standard InChI is InChI=1S/C9H5N3O3/c1-4-10-7(13)11(5-2)9(15)12(6-3)8(10)14/h1-2,6H,3H2. The molecule has 0 atom stereocenters. The van der Waals surface area contributed by atoms with Crippen LogP contribution in [0.15, 0.2) is 21.0 Å². The summed E-state index contributed by atoms with van der Waals surface area (Å²) in [5.41, 5.74) is -3.00. The van der Waals surface area contributed by atoms with Crippen LogP contribution in [0.3, 0.4) is 0 Å². The Morgan fingerprint density at radius 3 is 1.67 bits per heavy atom. The molecule has 1 rings (SSSR count). The van der Waals surface area contributed by atoms with Gasteiger partial charge in [0.2, 0.25) is 0 Å². The van der Waals surface area contributed by atoms with Crippen LogP contribution in [0.4, 0.5) is 0 Å². The van der Waals surface area contributed by atoms with E-state index in [1.807, 2.05) is 12.1 Å². The second kappa shape index (κ2) is 3.56. The lowest BCUT2D eigenvalue weighted by Crippen LogP contribution is -2.51. The summed E-state index contributed by atoms with van der Waals surface area (Å²) in [6.45, 7) is 3.23. The third-order valence-corrected chi connectivity index (χ3v) is 1.62. The summed E-state index contributed by atoms with van der Waals surface area (Å²) >= 11 is 0. The molecule has 0 aromatic carbocycles. The van der Waals surface area contributed by atoms with Gasteiger partial charge in [-0.1, -0.05) is 19.4 Å². The SMILES string of the molecule is C#Cn1c(=O)n(C#C)c(=O)n(C=C)c1=O. The van der Waals surface area contributed by atoms with Gasteiger partial charge in [-0.2, -0.15) is 9.13 Å². The van der Waals surface area contributed by atoms with Crippen molar-refractivity contribution < 1.29 is 0 Å². The second-order valence-electron chi connectivity index (χ2n) is 2.33. The van der Waals surface area contributed by atoms with Gasteiger partial charge >= 0.3 is 17.1 Å². The molecule has 1 heterocycles. The molecule has 0 unspecified atom stereocenters. The zero-order valence-corrected chi connectivity index (χ0v) is 7.51. The molecule has 0 N–H and O–H groups in total. The van der Waals surface area contributed by atoms with Crippen LogP contribution in [0.1, 0.15) is 0 Å². The predicted molar refractivity (Wildman–Crippen MR) is 54.1 cm³/mol. The average molecular weight is 203 g/mol. The molecule has 0 spiro atoms. The minimum Gasteiger partial charge on any atom is -0.246 e. The highest BCUT2D eigenvalue weighted by Gasteiger charge is 2.10. The van der Waals surface area contributed by atoms with Gasteiger partial charge in [0.05, 0.1) is 0 Å². The number of rotatable bonds is 1. The number of terminal acetylenes is 2. The first-order chi connectivity index (χ1) is 7.08. The lowest BCUT2D eigenvalue weighted by atomic mass is 10.7. The molecule has 0 amide bonds. The van der Waals surface area contributed by atoms with Crippen molar-refractivity contribution in [2.75, 3.05) is 0 Å². The lowest BCUT2D eigenvalue weighted by molar-refractivity contribution is 0.697. The van der Waals surface area contributed by atoms with Gasteiger partial charge in [-0.05, 0) is 0 Å². The van der Waals surface area contributed by atoms with Gasteiger partial charge in [0, 0.05) is 18.3 Å². The van der Waals surface area contributed by atoms with Crippen LogP contribution in [0.5, 0.6) is 0 Å². The second-order valence-corrected chi connectivity index (χ2v) is 2.33. The van der Waals surface area contributed by atoms with E-state index < -0.39 is 17.1 Å². The molecule has 0 aliphatic carbocycles. The molecular weight excluding hydrogens is 198 g/mol. The van der Waals surface area contributed by atoms with E-state index in [0.717, 1.165) is 6.20 Å². The van der Waals surface area contributed by atoms with Crippen LogP contribution in [0.25, 0.3) is 6.20 Å². The van der Waals surface area contributed by atoms with E-state index in [4.69, 9.17) is 12.8 Å². The molecule has 0 saturated carbocycles. The van der Waals surface area contributed by atoms with Crippen molar-refractivity contribution >= 4 is 6.20 Å². The Kier molecular flexibility index (Phi) is 2.46. The summed E-state index contributed by atoms with van der Waals surface area (Å²) in [6, 6.07) is 3.62. The van der Waals surface area contributed by atoms with Gasteiger partial charge in [0.25, 0.3) is 0 Å². The summed E-state index contributed by atoms with van der Waals surface area (Å²) < 4.78 is 1.30. The zero-order chi connectivity index (χ0) is 11.6. The zero-order valence-electron chi connectivity index (χ0n) is 7.51. The molecule has 1 aromatic heterocycles. The fourth-order valence-corrected chi connectivity index (χ4v) is 0.938. The van der Waals surface area contributed by atoms with E-state index in [9.17, 15) is 14.4 Å². The van der Waals surface area contributed by atoms with Crippen molar-refractivity contribution in [2.45, 2.75) is 0 Å². The number of hydrogen-bond acceptors (Lipinski definition) is 3. The van der Waals surface area contributed by atoms with Crippen molar-refractivity contribution in [3.63, 3.8) is 0 Å². The molecule has 0 radical (unpaired) electrons. The quantitative estimate of drug-likeness (QED) is 0.503. The molecule has 0 saturated heterocycles. The van der Waals surface area contributed by atoms with E-state index in [1.165, 1.54) is 0 Å². The van der Waals surface area contributed by atoms with Crippen molar-refractivity contribution in [3.05, 3.63) is 38.0 Å². The van der Waals surface area contributed by atoms with Crippen molar-refractivity contribution in [1.82, 2.24) is 13.7 Å². The van der Waals surface area contributed by atoms with Crippen LogP contribution in [0, 0.1) is 24.9 Å². The predicted octanol–water partition coefficient (Wildman–Crippen LogP) is -1.85. The molecule has 6 nitrogen and oxygen atoms in total. The third kappa shape index (κ3) is 1.30. The van der Waals surface area contributed by atoms with Crippen molar-refractivity contribution in [2.24, 2.45) is 0 Å². The largest absolute Gasteiger partial charge is 0.360 e. The Morgan fingerprint density at radius 2 is 1.40 bits per heavy atom. The third-order valence-electron chi connectivity index (χ3n) is 1.62. The fraction of sp³-hybridized carbons (Fsp3) is 0. The molecule has 0 aliphatic rings. The summed E-state index contributed by atoms with van der Waals surface area (Å²) in [5, 5.41) is 0. The van der Waals surface area contributed by atoms with Crippen LogP contribution >= 0.6 is 0 Å². The van der Waals surface area contributed by atoms with Crippen molar-refractivity contribution in [3.8, 4) is 24.9 Å². The summed E-state index contributed by atoms with van der Waals surface area (Å²) in [7, 11) is 0.